The Labute approximate surface area is 201 Å². The first-order chi connectivity index (χ1) is 17.1. The molecule has 5 rings (SSSR count). The molecule has 1 aliphatic heterocycles. The minimum Gasteiger partial charge on any atom is -0.366 e. The average Bonchev–Trinajstić information content (AvgIpc) is 3.22. The van der Waals surface area contributed by atoms with Crippen molar-refractivity contribution in [3.05, 3.63) is 124 Å². The second-order valence-corrected chi connectivity index (χ2v) is 7.95. The van der Waals surface area contributed by atoms with E-state index in [4.69, 9.17) is 0 Å². The monoisotopic (exact) mass is 463 g/mol. The molecule has 0 aliphatic carbocycles. The summed E-state index contributed by atoms with van der Waals surface area (Å²) in [6.45, 7) is 0.614. The Morgan fingerprint density at radius 2 is 1.71 bits per heavy atom. The number of nitro benzene ring substituents is 1. The number of aromatic nitrogens is 1. The van der Waals surface area contributed by atoms with Crippen molar-refractivity contribution in [1.29, 1.82) is 0 Å². The van der Waals surface area contributed by atoms with Crippen LogP contribution >= 0.6 is 0 Å². The van der Waals surface area contributed by atoms with Crippen LogP contribution in [-0.4, -0.2) is 15.8 Å². The lowest BCUT2D eigenvalue weighted by Crippen LogP contribution is -2.10. The second-order valence-electron chi connectivity index (χ2n) is 7.95. The van der Waals surface area contributed by atoms with E-state index >= 15 is 0 Å². The molecule has 172 valence electrons. The minimum atomic E-state index is -0.464. The highest BCUT2D eigenvalue weighted by Gasteiger charge is 2.30. The normalized spacial score (nSPS) is 13.5. The van der Waals surface area contributed by atoms with E-state index in [1.54, 1.807) is 12.3 Å². The summed E-state index contributed by atoms with van der Waals surface area (Å²) in [4.78, 5) is 28.2. The second kappa shape index (κ2) is 9.48. The number of nitro groups is 1. The fraction of sp³-hybridized carbons (Fsp3) is 0.0370. The van der Waals surface area contributed by atoms with Crippen LogP contribution in [0.5, 0.6) is 0 Å². The zero-order valence-electron chi connectivity index (χ0n) is 18.6. The fourth-order valence-electron chi connectivity index (χ4n) is 3.91. The van der Waals surface area contributed by atoms with Crippen LogP contribution in [0, 0.1) is 10.1 Å². The lowest BCUT2D eigenvalue weighted by molar-refractivity contribution is -0.384. The number of carbonyl (C=O) groups is 1. The maximum absolute atomic E-state index is 13.0. The predicted molar refractivity (Wildman–Crippen MR) is 137 cm³/mol. The van der Waals surface area contributed by atoms with Gasteiger partial charge in [0.2, 0.25) is 0 Å². The van der Waals surface area contributed by atoms with Gasteiger partial charge in [-0.15, -0.1) is 0 Å². The van der Waals surface area contributed by atoms with Crippen LogP contribution in [0.3, 0.4) is 0 Å². The van der Waals surface area contributed by atoms with E-state index < -0.39 is 4.92 Å². The molecule has 35 heavy (non-hydrogen) atoms. The Morgan fingerprint density at radius 1 is 0.943 bits per heavy atom. The summed E-state index contributed by atoms with van der Waals surface area (Å²) in [6.07, 6.45) is 1.74. The molecule has 3 aromatic carbocycles. The van der Waals surface area contributed by atoms with E-state index in [0.29, 0.717) is 29.1 Å². The van der Waals surface area contributed by atoms with Gasteiger partial charge < -0.3 is 16.0 Å². The molecule has 4 aromatic rings. The number of hydrogen-bond acceptors (Lipinski definition) is 6. The molecule has 2 heterocycles. The molecule has 0 bridgehead atoms. The zero-order valence-corrected chi connectivity index (χ0v) is 18.6. The van der Waals surface area contributed by atoms with E-state index in [0.717, 1.165) is 22.6 Å². The summed E-state index contributed by atoms with van der Waals surface area (Å²) in [5.74, 6) is 0.480. The highest BCUT2D eigenvalue weighted by atomic mass is 16.6. The van der Waals surface area contributed by atoms with Gasteiger partial charge in [-0.3, -0.25) is 14.9 Å². The Hall–Kier alpha value is -4.98. The van der Waals surface area contributed by atoms with Crippen molar-refractivity contribution in [3.8, 4) is 0 Å². The third-order valence-corrected chi connectivity index (χ3v) is 5.63. The van der Waals surface area contributed by atoms with Gasteiger partial charge in [0, 0.05) is 41.8 Å². The highest BCUT2D eigenvalue weighted by molar-refractivity contribution is 6.37. The van der Waals surface area contributed by atoms with E-state index in [1.165, 1.54) is 12.1 Å². The van der Waals surface area contributed by atoms with Gasteiger partial charge in [-0.2, -0.15) is 0 Å². The van der Waals surface area contributed by atoms with Gasteiger partial charge in [0.05, 0.1) is 16.2 Å². The highest BCUT2D eigenvalue weighted by Crippen LogP contribution is 2.39. The summed E-state index contributed by atoms with van der Waals surface area (Å²) < 4.78 is 0. The molecule has 8 nitrogen and oxygen atoms in total. The molecule has 0 spiro atoms. The molecular formula is C27H21N5O3. The Kier molecular flexibility index (Phi) is 5.92. The van der Waals surface area contributed by atoms with Gasteiger partial charge in [0.15, 0.2) is 0 Å². The minimum absolute atomic E-state index is 0.0741. The van der Waals surface area contributed by atoms with Crippen molar-refractivity contribution < 1.29 is 9.72 Å². The molecule has 1 amide bonds. The molecule has 0 saturated carbocycles. The van der Waals surface area contributed by atoms with Crippen molar-refractivity contribution in [2.45, 2.75) is 6.54 Å². The number of amides is 1. The third-order valence-electron chi connectivity index (χ3n) is 5.63. The summed E-state index contributed by atoms with van der Waals surface area (Å²) in [6, 6.07) is 27.3. The third kappa shape index (κ3) is 4.72. The van der Waals surface area contributed by atoms with Crippen molar-refractivity contribution in [3.63, 3.8) is 0 Å². The van der Waals surface area contributed by atoms with E-state index in [1.807, 2.05) is 72.8 Å². The number of rotatable bonds is 7. The zero-order chi connectivity index (χ0) is 24.2. The Balaban J connectivity index is 1.48. The Bertz CT molecular complexity index is 1420. The number of fused-ring (bicyclic) bond motifs is 1. The molecule has 3 N–H and O–H groups in total. The van der Waals surface area contributed by atoms with Crippen molar-refractivity contribution >= 4 is 40.1 Å². The largest absolute Gasteiger partial charge is 0.366 e. The van der Waals surface area contributed by atoms with E-state index in [-0.39, 0.29) is 11.6 Å². The summed E-state index contributed by atoms with van der Waals surface area (Å²) in [5, 5.41) is 20.8. The molecule has 0 unspecified atom stereocenters. The van der Waals surface area contributed by atoms with E-state index in [9.17, 15) is 14.9 Å². The number of benzene rings is 3. The van der Waals surface area contributed by atoms with Crippen LogP contribution in [0.25, 0.3) is 11.3 Å². The van der Waals surface area contributed by atoms with Crippen molar-refractivity contribution in [1.82, 2.24) is 4.98 Å². The first-order valence-electron chi connectivity index (χ1n) is 11.0. The van der Waals surface area contributed by atoms with Crippen LogP contribution in [0.4, 0.5) is 22.9 Å². The van der Waals surface area contributed by atoms with E-state index in [2.05, 4.69) is 20.9 Å². The van der Waals surface area contributed by atoms with Crippen LogP contribution in [0.15, 0.2) is 97.2 Å². The number of pyridine rings is 1. The number of nitrogens with zero attached hydrogens (tertiary/aromatic N) is 2. The summed E-state index contributed by atoms with van der Waals surface area (Å²) >= 11 is 0. The van der Waals surface area contributed by atoms with Gasteiger partial charge in [0.25, 0.3) is 11.6 Å². The van der Waals surface area contributed by atoms with Gasteiger partial charge in [0.1, 0.15) is 5.82 Å². The smallest absolute Gasteiger partial charge is 0.270 e. The maximum Gasteiger partial charge on any atom is 0.270 e. The van der Waals surface area contributed by atoms with Gasteiger partial charge in [-0.1, -0.05) is 48.5 Å². The lowest BCUT2D eigenvalue weighted by Gasteiger charge is -2.15. The first-order valence-corrected chi connectivity index (χ1v) is 11.0. The fourth-order valence-corrected chi connectivity index (χ4v) is 3.91. The molecular weight excluding hydrogens is 442 g/mol. The first kappa shape index (κ1) is 21.8. The van der Waals surface area contributed by atoms with Crippen molar-refractivity contribution in [2.24, 2.45) is 0 Å². The molecule has 0 radical (unpaired) electrons. The lowest BCUT2D eigenvalue weighted by atomic mass is 9.99. The number of hydrogen-bond donors (Lipinski definition) is 3. The number of nitrogens with one attached hydrogen (secondary N) is 3. The van der Waals surface area contributed by atoms with Crippen LogP contribution in [0.2, 0.25) is 0 Å². The molecule has 0 saturated heterocycles. The van der Waals surface area contributed by atoms with Crippen LogP contribution < -0.4 is 16.0 Å². The molecule has 1 aliphatic rings. The van der Waals surface area contributed by atoms with Gasteiger partial charge in [-0.25, -0.2) is 4.98 Å². The van der Waals surface area contributed by atoms with Crippen molar-refractivity contribution in [2.75, 3.05) is 16.0 Å². The quantitative estimate of drug-likeness (QED) is 0.189. The van der Waals surface area contributed by atoms with Crippen LogP contribution in [0.1, 0.15) is 16.7 Å². The number of non-ortho nitro benzene ring substituents is 1. The number of anilines is 3. The summed E-state index contributed by atoms with van der Waals surface area (Å²) in [7, 11) is 0. The van der Waals surface area contributed by atoms with Crippen LogP contribution in [-0.2, 0) is 11.3 Å². The molecule has 0 fully saturated rings. The molecule has 0 atom stereocenters. The van der Waals surface area contributed by atoms with Gasteiger partial charge >= 0.3 is 0 Å². The molecule has 1 aromatic heterocycles. The standard InChI is InChI=1S/C27H21N5O3/c33-27-25(22-16-21(32(34)35)13-14-23(22)31-27)26(19-6-2-1-3-7-19)30-20-11-9-18(10-12-20)17-29-24-8-4-5-15-28-24/h1-16,30H,17H2,(H,28,29)(H,31,33). The average molecular weight is 463 g/mol. The summed E-state index contributed by atoms with van der Waals surface area (Å²) in [5.41, 5.74) is 4.53. The predicted octanol–water partition coefficient (Wildman–Crippen LogP) is 5.53. The molecule has 8 heteroatoms. The Morgan fingerprint density at radius 3 is 2.43 bits per heavy atom. The topological polar surface area (TPSA) is 109 Å². The number of carbonyl (C=O) groups excluding carboxylic acids is 1. The SMILES string of the molecule is O=C1Nc2ccc([N+](=O)[O-])cc2C1=C(Nc1ccc(CNc2ccccn2)cc1)c1ccccc1. The van der Waals surface area contributed by atoms with Gasteiger partial charge in [-0.05, 0) is 41.5 Å². The maximum atomic E-state index is 13.0.